The lowest BCUT2D eigenvalue weighted by molar-refractivity contribution is 0.204. The van der Waals surface area contributed by atoms with Crippen LogP contribution in [0.25, 0.3) is 0 Å². The summed E-state index contributed by atoms with van der Waals surface area (Å²) in [5, 5.41) is 7.39. The molecule has 1 rings (SSSR count). The van der Waals surface area contributed by atoms with Crippen molar-refractivity contribution in [3.05, 3.63) is 30.1 Å². The van der Waals surface area contributed by atoms with Crippen molar-refractivity contribution in [1.29, 1.82) is 0 Å². The van der Waals surface area contributed by atoms with Gasteiger partial charge in [-0.05, 0) is 29.9 Å². The van der Waals surface area contributed by atoms with Crippen molar-refractivity contribution in [3.8, 4) is 0 Å². The van der Waals surface area contributed by atoms with Crippen LogP contribution < -0.4 is 10.7 Å². The summed E-state index contributed by atoms with van der Waals surface area (Å²) in [6.07, 6.45) is 5.08. The number of ether oxygens (including phenoxy) is 1. The Morgan fingerprint density at radius 3 is 3.00 bits per heavy atom. The highest BCUT2D eigenvalue weighted by atomic mass is 32.1. The van der Waals surface area contributed by atoms with Crippen molar-refractivity contribution in [2.45, 2.75) is 0 Å². The molecule has 0 amide bonds. The zero-order valence-electron chi connectivity index (χ0n) is 9.01. The lowest BCUT2D eigenvalue weighted by Crippen LogP contribution is -2.34. The first-order valence-corrected chi connectivity index (χ1v) is 5.19. The summed E-state index contributed by atoms with van der Waals surface area (Å²) in [6, 6.07) is 3.71. The molecular weight excluding hydrogens is 224 g/mol. The van der Waals surface area contributed by atoms with Gasteiger partial charge in [-0.2, -0.15) is 5.10 Å². The Balaban J connectivity index is 2.24. The molecule has 0 fully saturated rings. The smallest absolute Gasteiger partial charge is 0.187 e. The van der Waals surface area contributed by atoms with Crippen molar-refractivity contribution < 1.29 is 4.74 Å². The molecule has 0 aromatic carbocycles. The summed E-state index contributed by atoms with van der Waals surface area (Å²) in [5.74, 6) is 0. The normalized spacial score (nSPS) is 10.3. The molecule has 0 atom stereocenters. The molecule has 0 saturated carbocycles. The second kappa shape index (κ2) is 7.72. The monoisotopic (exact) mass is 238 g/mol. The van der Waals surface area contributed by atoms with E-state index in [-0.39, 0.29) is 0 Å². The van der Waals surface area contributed by atoms with E-state index in [1.54, 1.807) is 25.7 Å². The number of hydrazone groups is 1. The van der Waals surface area contributed by atoms with Gasteiger partial charge in [0.25, 0.3) is 0 Å². The van der Waals surface area contributed by atoms with E-state index in [9.17, 15) is 0 Å². The van der Waals surface area contributed by atoms with E-state index in [0.717, 1.165) is 5.56 Å². The Morgan fingerprint density at radius 1 is 1.56 bits per heavy atom. The van der Waals surface area contributed by atoms with Crippen LogP contribution in [0.15, 0.2) is 29.6 Å². The van der Waals surface area contributed by atoms with Gasteiger partial charge in [-0.15, -0.1) is 0 Å². The number of aromatic nitrogens is 1. The predicted octanol–water partition coefficient (Wildman–Crippen LogP) is 0.526. The number of hydrogen-bond donors (Lipinski definition) is 2. The maximum atomic E-state index is 4.98. The van der Waals surface area contributed by atoms with Gasteiger partial charge in [0.2, 0.25) is 0 Å². The predicted molar refractivity (Wildman–Crippen MR) is 67.4 cm³/mol. The zero-order valence-corrected chi connectivity index (χ0v) is 9.83. The molecule has 5 nitrogen and oxygen atoms in total. The number of hydrogen-bond acceptors (Lipinski definition) is 4. The van der Waals surface area contributed by atoms with Gasteiger partial charge in [0.05, 0.1) is 12.8 Å². The van der Waals surface area contributed by atoms with Gasteiger partial charge < -0.3 is 10.1 Å². The molecule has 16 heavy (non-hydrogen) atoms. The molecule has 2 N–H and O–H groups in total. The Kier molecular flexibility index (Phi) is 6.05. The molecule has 0 aliphatic rings. The van der Waals surface area contributed by atoms with E-state index >= 15 is 0 Å². The Hall–Kier alpha value is -1.53. The Bertz CT molecular complexity index is 342. The molecule has 1 aromatic heterocycles. The maximum absolute atomic E-state index is 4.98. The van der Waals surface area contributed by atoms with Gasteiger partial charge >= 0.3 is 0 Å². The topological polar surface area (TPSA) is 58.5 Å². The van der Waals surface area contributed by atoms with Gasteiger partial charge in [-0.25, -0.2) is 0 Å². The molecule has 1 aromatic rings. The quantitative estimate of drug-likeness (QED) is 0.339. The van der Waals surface area contributed by atoms with Crippen LogP contribution in [-0.4, -0.2) is 36.6 Å². The molecule has 1 heterocycles. The number of rotatable bonds is 5. The maximum Gasteiger partial charge on any atom is 0.187 e. The van der Waals surface area contributed by atoms with Crippen molar-refractivity contribution in [2.75, 3.05) is 20.3 Å². The first-order chi connectivity index (χ1) is 7.83. The van der Waals surface area contributed by atoms with Crippen LogP contribution >= 0.6 is 12.2 Å². The Morgan fingerprint density at radius 2 is 2.31 bits per heavy atom. The summed E-state index contributed by atoms with van der Waals surface area (Å²) < 4.78 is 4.87. The van der Waals surface area contributed by atoms with Crippen LogP contribution in [0.2, 0.25) is 0 Å². The van der Waals surface area contributed by atoms with Crippen molar-refractivity contribution >= 4 is 23.5 Å². The third-order valence-corrected chi connectivity index (χ3v) is 1.91. The third kappa shape index (κ3) is 5.38. The summed E-state index contributed by atoms with van der Waals surface area (Å²) in [5.41, 5.74) is 3.66. The van der Waals surface area contributed by atoms with Crippen LogP contribution in [0.3, 0.4) is 0 Å². The number of thiocarbonyl (C=S) groups is 1. The minimum atomic E-state index is 0.474. The van der Waals surface area contributed by atoms with Crippen molar-refractivity contribution in [1.82, 2.24) is 15.7 Å². The fourth-order valence-corrected chi connectivity index (χ4v) is 1.08. The van der Waals surface area contributed by atoms with Crippen molar-refractivity contribution in [3.63, 3.8) is 0 Å². The average molecular weight is 238 g/mol. The van der Waals surface area contributed by atoms with Gasteiger partial charge in [-0.1, -0.05) is 0 Å². The molecule has 0 unspecified atom stereocenters. The molecule has 0 aliphatic heterocycles. The lowest BCUT2D eigenvalue weighted by atomic mass is 10.3. The number of pyridine rings is 1. The summed E-state index contributed by atoms with van der Waals surface area (Å²) in [7, 11) is 1.64. The van der Waals surface area contributed by atoms with Gasteiger partial charge in [0, 0.05) is 26.0 Å². The molecule has 0 radical (unpaired) electrons. The second-order valence-corrected chi connectivity index (χ2v) is 3.31. The fraction of sp³-hybridized carbons (Fsp3) is 0.300. The van der Waals surface area contributed by atoms with Crippen LogP contribution in [-0.2, 0) is 4.74 Å². The average Bonchev–Trinajstić information content (AvgIpc) is 2.31. The van der Waals surface area contributed by atoms with E-state index in [1.165, 1.54) is 0 Å². The van der Waals surface area contributed by atoms with E-state index in [4.69, 9.17) is 17.0 Å². The highest BCUT2D eigenvalue weighted by molar-refractivity contribution is 7.80. The van der Waals surface area contributed by atoms with E-state index in [0.29, 0.717) is 18.3 Å². The highest BCUT2D eigenvalue weighted by Gasteiger charge is 1.90. The summed E-state index contributed by atoms with van der Waals surface area (Å²) in [4.78, 5) is 3.90. The first kappa shape index (κ1) is 12.5. The third-order valence-electron chi connectivity index (χ3n) is 1.68. The molecule has 0 spiro atoms. The zero-order chi connectivity index (χ0) is 11.6. The Labute approximate surface area is 99.9 Å². The first-order valence-electron chi connectivity index (χ1n) is 4.79. The number of nitrogens with one attached hydrogen (secondary N) is 2. The molecule has 0 bridgehead atoms. The van der Waals surface area contributed by atoms with Gasteiger partial charge in [0.15, 0.2) is 5.11 Å². The van der Waals surface area contributed by atoms with E-state index in [2.05, 4.69) is 20.8 Å². The number of methoxy groups -OCH3 is 1. The minimum Gasteiger partial charge on any atom is -0.383 e. The van der Waals surface area contributed by atoms with Crippen molar-refractivity contribution in [2.24, 2.45) is 5.10 Å². The van der Waals surface area contributed by atoms with Crippen LogP contribution in [0.4, 0.5) is 0 Å². The van der Waals surface area contributed by atoms with Gasteiger partial charge in [-0.3, -0.25) is 10.4 Å². The van der Waals surface area contributed by atoms with Crippen LogP contribution in [0, 0.1) is 0 Å². The molecular formula is C10H14N4OS. The van der Waals surface area contributed by atoms with E-state index in [1.807, 2.05) is 12.1 Å². The highest BCUT2D eigenvalue weighted by Crippen LogP contribution is 1.89. The van der Waals surface area contributed by atoms with E-state index < -0.39 is 0 Å². The molecule has 6 heteroatoms. The van der Waals surface area contributed by atoms with Gasteiger partial charge in [0.1, 0.15) is 0 Å². The summed E-state index contributed by atoms with van der Waals surface area (Å²) >= 11 is 4.98. The largest absolute Gasteiger partial charge is 0.383 e. The standard InChI is InChI=1S/C10H14N4OS/c1-15-7-6-12-10(16)14-13-8-9-2-4-11-5-3-9/h2-5,8H,6-7H2,1H3,(H2,12,14,16)/b13-8-. The molecule has 86 valence electrons. The molecule has 0 saturated heterocycles. The SMILES string of the molecule is COCCNC(=S)N/N=C\c1ccncc1. The van der Waals surface area contributed by atoms with Crippen LogP contribution in [0.5, 0.6) is 0 Å². The second-order valence-electron chi connectivity index (χ2n) is 2.90. The minimum absolute atomic E-state index is 0.474. The molecule has 0 aliphatic carbocycles. The lowest BCUT2D eigenvalue weighted by Gasteiger charge is -2.05. The number of nitrogens with zero attached hydrogens (tertiary/aromatic N) is 2. The fourth-order valence-electron chi connectivity index (χ4n) is 0.921. The summed E-state index contributed by atoms with van der Waals surface area (Å²) in [6.45, 7) is 1.27. The van der Waals surface area contributed by atoms with Crippen LogP contribution in [0.1, 0.15) is 5.56 Å².